The Hall–Kier alpha value is -2.11. The second-order valence-corrected chi connectivity index (χ2v) is 18.7. The molecule has 1 aliphatic rings. The summed E-state index contributed by atoms with van der Waals surface area (Å²) in [6, 6.07) is 0. The fourth-order valence-electron chi connectivity index (χ4n) is 8.23. The zero-order valence-corrected chi connectivity index (χ0v) is 42.4. The summed E-state index contributed by atoms with van der Waals surface area (Å²) >= 11 is 0. The number of allylic oxidation sites excluding steroid dienone is 10. The molecule has 1 rings (SSSR count). The summed E-state index contributed by atoms with van der Waals surface area (Å²) < 4.78 is 22.9. The standard InChI is InChI=1S/C57H102O9/c1-3-5-7-9-11-13-15-17-19-21-23-25-27-29-31-33-35-37-39-41-43-45-47-63-49-51(50-64-57-56(62)55(61)54(60)52(48-58)66-57)65-53(59)46-44-42-40-38-36-34-32-30-28-26-24-22-20-18-16-14-12-10-8-6-4-2/h5,7,11,13,17,19,23,25,29,31,51-52,54-58,60-62H,3-4,6,8-10,12,14-16,18,20-22,24,26-28,30,32-50H2,1-2H3/b7-5-,13-11-,19-17-,25-23-,31-29-. The predicted octanol–water partition coefficient (Wildman–Crippen LogP) is 13.8. The van der Waals surface area contributed by atoms with Gasteiger partial charge in [0.2, 0.25) is 0 Å². The number of carbonyl (C=O) groups excluding carboxylic acids is 1. The Balaban J connectivity index is 2.19. The first-order chi connectivity index (χ1) is 32.4. The third-order valence-corrected chi connectivity index (χ3v) is 12.4. The van der Waals surface area contributed by atoms with Crippen molar-refractivity contribution in [3.63, 3.8) is 0 Å². The van der Waals surface area contributed by atoms with E-state index in [4.69, 9.17) is 18.9 Å². The lowest BCUT2D eigenvalue weighted by atomic mass is 9.99. The van der Waals surface area contributed by atoms with Gasteiger partial charge >= 0.3 is 5.97 Å². The fraction of sp³-hybridized carbons (Fsp3) is 0.807. The van der Waals surface area contributed by atoms with E-state index in [1.54, 1.807) is 0 Å². The summed E-state index contributed by atoms with van der Waals surface area (Å²) in [6.45, 7) is 4.44. The average Bonchev–Trinajstić information content (AvgIpc) is 3.32. The predicted molar refractivity (Wildman–Crippen MR) is 274 cm³/mol. The number of unbranched alkanes of at least 4 members (excludes halogenated alkanes) is 26. The van der Waals surface area contributed by atoms with E-state index in [0.717, 1.165) is 77.0 Å². The maximum atomic E-state index is 12.9. The highest BCUT2D eigenvalue weighted by atomic mass is 16.7. The van der Waals surface area contributed by atoms with Crippen molar-refractivity contribution in [2.24, 2.45) is 0 Å². The first-order valence-electron chi connectivity index (χ1n) is 27.4. The third-order valence-electron chi connectivity index (χ3n) is 12.4. The van der Waals surface area contributed by atoms with Crippen LogP contribution in [-0.2, 0) is 23.7 Å². The molecule has 0 bridgehead atoms. The van der Waals surface area contributed by atoms with Crippen LogP contribution in [0.3, 0.4) is 0 Å². The molecular formula is C57H102O9. The van der Waals surface area contributed by atoms with Crippen molar-refractivity contribution in [1.82, 2.24) is 0 Å². The topological polar surface area (TPSA) is 135 Å². The molecule has 0 amide bonds. The molecule has 1 saturated heterocycles. The van der Waals surface area contributed by atoms with Crippen molar-refractivity contribution in [2.75, 3.05) is 26.4 Å². The molecule has 1 aliphatic heterocycles. The van der Waals surface area contributed by atoms with Crippen LogP contribution in [0.4, 0.5) is 0 Å². The van der Waals surface area contributed by atoms with E-state index < -0.39 is 43.4 Å². The van der Waals surface area contributed by atoms with Crippen LogP contribution in [0.2, 0.25) is 0 Å². The first kappa shape index (κ1) is 61.9. The van der Waals surface area contributed by atoms with Gasteiger partial charge in [-0.25, -0.2) is 0 Å². The normalized spacial score (nSPS) is 19.8. The van der Waals surface area contributed by atoms with Crippen molar-refractivity contribution in [1.29, 1.82) is 0 Å². The van der Waals surface area contributed by atoms with E-state index >= 15 is 0 Å². The highest BCUT2D eigenvalue weighted by Gasteiger charge is 2.44. The number of hydrogen-bond donors (Lipinski definition) is 4. The molecule has 6 atom stereocenters. The summed E-state index contributed by atoms with van der Waals surface area (Å²) in [7, 11) is 0. The van der Waals surface area contributed by atoms with Gasteiger partial charge in [-0.3, -0.25) is 4.79 Å². The molecular weight excluding hydrogens is 829 g/mol. The molecule has 0 aromatic heterocycles. The van der Waals surface area contributed by atoms with Gasteiger partial charge in [-0.15, -0.1) is 0 Å². The number of esters is 1. The number of ether oxygens (including phenoxy) is 4. The average molecular weight is 931 g/mol. The van der Waals surface area contributed by atoms with Crippen LogP contribution in [0.5, 0.6) is 0 Å². The van der Waals surface area contributed by atoms with Gasteiger partial charge in [-0.05, 0) is 57.8 Å². The van der Waals surface area contributed by atoms with Gasteiger partial charge in [0.1, 0.15) is 30.5 Å². The van der Waals surface area contributed by atoms with Crippen LogP contribution in [0.1, 0.15) is 232 Å². The Labute approximate surface area is 405 Å². The second kappa shape index (κ2) is 47.9. The van der Waals surface area contributed by atoms with Crippen LogP contribution >= 0.6 is 0 Å². The molecule has 1 heterocycles. The molecule has 4 N–H and O–H groups in total. The molecule has 0 radical (unpaired) electrons. The number of aliphatic hydroxyl groups is 4. The molecule has 384 valence electrons. The van der Waals surface area contributed by atoms with E-state index in [1.807, 2.05) is 0 Å². The summed E-state index contributed by atoms with van der Waals surface area (Å²) in [5, 5.41) is 40.3. The number of rotatable bonds is 47. The zero-order chi connectivity index (χ0) is 47.8. The van der Waals surface area contributed by atoms with Gasteiger partial charge in [0, 0.05) is 13.0 Å². The molecule has 9 nitrogen and oxygen atoms in total. The number of carbonyl (C=O) groups is 1. The summed E-state index contributed by atoms with van der Waals surface area (Å²) in [6.07, 6.45) is 55.4. The van der Waals surface area contributed by atoms with Crippen molar-refractivity contribution < 1.29 is 44.2 Å². The molecule has 1 fully saturated rings. The molecule has 0 aromatic rings. The molecule has 66 heavy (non-hydrogen) atoms. The number of aliphatic hydroxyl groups excluding tert-OH is 4. The largest absolute Gasteiger partial charge is 0.457 e. The quantitative estimate of drug-likeness (QED) is 0.0267. The van der Waals surface area contributed by atoms with Gasteiger partial charge < -0.3 is 39.4 Å². The van der Waals surface area contributed by atoms with Crippen LogP contribution in [0.15, 0.2) is 60.8 Å². The smallest absolute Gasteiger partial charge is 0.306 e. The monoisotopic (exact) mass is 931 g/mol. The van der Waals surface area contributed by atoms with Gasteiger partial charge in [-0.2, -0.15) is 0 Å². The lowest BCUT2D eigenvalue weighted by molar-refractivity contribution is -0.305. The van der Waals surface area contributed by atoms with Crippen LogP contribution < -0.4 is 0 Å². The van der Waals surface area contributed by atoms with E-state index in [0.29, 0.717) is 13.0 Å². The van der Waals surface area contributed by atoms with Gasteiger partial charge in [0.15, 0.2) is 6.29 Å². The van der Waals surface area contributed by atoms with Gasteiger partial charge in [0.25, 0.3) is 0 Å². The summed E-state index contributed by atoms with van der Waals surface area (Å²) in [5.41, 5.74) is 0. The minimum absolute atomic E-state index is 0.119. The zero-order valence-electron chi connectivity index (χ0n) is 42.4. The van der Waals surface area contributed by atoms with Crippen LogP contribution in [0, 0.1) is 0 Å². The maximum absolute atomic E-state index is 12.9. The lowest BCUT2D eigenvalue weighted by Crippen LogP contribution is -2.59. The highest BCUT2D eigenvalue weighted by molar-refractivity contribution is 5.69. The maximum Gasteiger partial charge on any atom is 0.306 e. The van der Waals surface area contributed by atoms with Gasteiger partial charge in [0.05, 0.1) is 19.8 Å². The third kappa shape index (κ3) is 37.8. The van der Waals surface area contributed by atoms with Crippen molar-refractivity contribution in [3.05, 3.63) is 60.8 Å². The van der Waals surface area contributed by atoms with Crippen LogP contribution in [0.25, 0.3) is 0 Å². The van der Waals surface area contributed by atoms with E-state index in [-0.39, 0.29) is 19.2 Å². The first-order valence-corrected chi connectivity index (χ1v) is 27.4. The molecule has 0 spiro atoms. The molecule has 0 aliphatic carbocycles. The molecule has 0 saturated carbocycles. The van der Waals surface area contributed by atoms with E-state index in [9.17, 15) is 25.2 Å². The highest BCUT2D eigenvalue weighted by Crippen LogP contribution is 2.23. The van der Waals surface area contributed by atoms with Crippen molar-refractivity contribution in [2.45, 2.75) is 269 Å². The van der Waals surface area contributed by atoms with Crippen LogP contribution in [-0.4, -0.2) is 89.6 Å². The second-order valence-electron chi connectivity index (χ2n) is 18.7. The number of hydrogen-bond acceptors (Lipinski definition) is 9. The Morgan fingerprint density at radius 3 is 1.39 bits per heavy atom. The minimum atomic E-state index is -1.54. The SMILES string of the molecule is CC/C=C\C/C=C\C/C=C\C/C=C\C/C=C\CCCCCCCCOCC(COC1OC(CO)C(O)C(O)C1O)OC(=O)CCCCCCCCCCCCCCCCCCCCCCC. The molecule has 6 unspecified atom stereocenters. The Bertz CT molecular complexity index is 1200. The Morgan fingerprint density at radius 1 is 0.500 bits per heavy atom. The Kier molecular flexibility index (Phi) is 45.0. The molecule has 0 aromatic carbocycles. The van der Waals surface area contributed by atoms with Crippen molar-refractivity contribution in [3.8, 4) is 0 Å². The Morgan fingerprint density at radius 2 is 0.924 bits per heavy atom. The van der Waals surface area contributed by atoms with E-state index in [1.165, 1.54) is 135 Å². The van der Waals surface area contributed by atoms with Crippen molar-refractivity contribution >= 4 is 5.97 Å². The summed E-state index contributed by atoms with van der Waals surface area (Å²) in [4.78, 5) is 12.9. The fourth-order valence-corrected chi connectivity index (χ4v) is 8.23. The molecule has 9 heteroatoms. The van der Waals surface area contributed by atoms with E-state index in [2.05, 4.69) is 74.6 Å². The lowest BCUT2D eigenvalue weighted by Gasteiger charge is -2.39. The summed E-state index contributed by atoms with van der Waals surface area (Å²) in [5.74, 6) is -0.316. The van der Waals surface area contributed by atoms with Gasteiger partial charge in [-0.1, -0.05) is 229 Å². The minimum Gasteiger partial charge on any atom is -0.457 e.